The summed E-state index contributed by atoms with van der Waals surface area (Å²) in [6.07, 6.45) is 0.0789. The fourth-order valence-electron chi connectivity index (χ4n) is 1.62. The van der Waals surface area contributed by atoms with Crippen LogP contribution in [0.15, 0.2) is 16.8 Å². The van der Waals surface area contributed by atoms with E-state index in [1.54, 1.807) is 13.8 Å². The van der Waals surface area contributed by atoms with Crippen molar-refractivity contribution < 1.29 is 37.8 Å². The van der Waals surface area contributed by atoms with Crippen LogP contribution in [0.3, 0.4) is 0 Å². The van der Waals surface area contributed by atoms with Crippen LogP contribution in [0.1, 0.15) is 18.3 Å². The number of rotatable bonds is 9. The largest absolute Gasteiger partial charge is 0.481 e. The molecule has 0 aliphatic rings. The molecule has 0 amide bonds. The van der Waals surface area contributed by atoms with Gasteiger partial charge >= 0.3 is 15.6 Å². The minimum atomic E-state index is -5.23. The zero-order valence-corrected chi connectivity index (χ0v) is 16.5. The molecule has 148 valence electrons. The highest BCUT2D eigenvalue weighted by Crippen LogP contribution is 2.57. The van der Waals surface area contributed by atoms with Gasteiger partial charge in [-0.2, -0.15) is 4.31 Å². The van der Waals surface area contributed by atoms with Gasteiger partial charge in [-0.25, -0.2) is 19.1 Å². The highest BCUT2D eigenvalue weighted by atomic mass is 32.1. The predicted octanol–water partition coefficient (Wildman–Crippen LogP) is 0.205. The van der Waals surface area contributed by atoms with E-state index in [0.29, 0.717) is 22.9 Å². The number of phosphoric ester groups is 1. The van der Waals surface area contributed by atoms with Crippen LogP contribution in [0, 0.1) is 6.92 Å². The molecule has 12 nitrogen and oxygen atoms in total. The van der Waals surface area contributed by atoms with E-state index >= 15 is 0 Å². The Balaban J connectivity index is 2.65. The van der Waals surface area contributed by atoms with Crippen LogP contribution in [-0.2, 0) is 24.5 Å². The van der Waals surface area contributed by atoms with Gasteiger partial charge in [-0.15, -0.1) is 12.6 Å². The zero-order chi connectivity index (χ0) is 20.1. The molecule has 1 heterocycles. The number of hydrogen-bond acceptors (Lipinski definition) is 10. The van der Waals surface area contributed by atoms with Gasteiger partial charge in [-0.1, -0.05) is 0 Å². The molecule has 1 rings (SSSR count). The van der Waals surface area contributed by atoms with Crippen LogP contribution in [0.25, 0.3) is 0 Å². The molecule has 1 aromatic rings. The third-order valence-corrected chi connectivity index (χ3v) is 5.65. The summed E-state index contributed by atoms with van der Waals surface area (Å²) < 4.78 is 29.8. The van der Waals surface area contributed by atoms with Crippen molar-refractivity contribution in [1.29, 1.82) is 0 Å². The van der Waals surface area contributed by atoms with Crippen molar-refractivity contribution in [3.63, 3.8) is 0 Å². The monoisotopic (exact) mass is 430 g/mol. The molecular weight excluding hydrogens is 410 g/mol. The molecule has 0 aliphatic heterocycles. The van der Waals surface area contributed by atoms with Gasteiger partial charge in [0.05, 0.1) is 6.61 Å². The fourth-order valence-corrected chi connectivity index (χ4v) is 3.37. The van der Waals surface area contributed by atoms with Crippen LogP contribution >= 0.6 is 28.3 Å². The molecule has 7 N–H and O–H groups in total. The summed E-state index contributed by atoms with van der Waals surface area (Å²) in [5.74, 6) is 0.810. The number of nitrogens with zero attached hydrogens (tertiary/aromatic N) is 2. The van der Waals surface area contributed by atoms with Crippen molar-refractivity contribution in [3.05, 3.63) is 28.2 Å². The number of thiol groups is 1. The number of aromatic nitrogens is 2. The van der Waals surface area contributed by atoms with Gasteiger partial charge in [0.15, 0.2) is 0 Å². The van der Waals surface area contributed by atoms with Gasteiger partial charge in [0.25, 0.3) is 0 Å². The van der Waals surface area contributed by atoms with Gasteiger partial charge in [0.1, 0.15) is 17.7 Å². The molecule has 2 atom stereocenters. The van der Waals surface area contributed by atoms with E-state index < -0.39 is 28.4 Å². The molecule has 0 spiro atoms. The fraction of sp³-hybridized carbons (Fsp3) is 0.455. The lowest BCUT2D eigenvalue weighted by molar-refractivity contribution is 0.108. The first-order valence-electron chi connectivity index (χ1n) is 6.94. The summed E-state index contributed by atoms with van der Waals surface area (Å²) in [5.41, 5.74) is 6.76. The van der Waals surface area contributed by atoms with Crippen LogP contribution in [0.4, 0.5) is 5.82 Å². The molecular formula is C11H20N4O8P2S. The standard InChI is InChI=1S/C11H20N4O8P2S/c1-6(13-3-8-4-14-7(2)15-11(8)12)10(26)9(16)5-22-25(20,21)23-24(17,18)19/h4,9,13,16,26H,3,5H2,1-2H3,(H,20,21)(H2,12,14,15)(H2,17,18,19). The average molecular weight is 430 g/mol. The third-order valence-electron chi connectivity index (χ3n) is 2.87. The molecule has 26 heavy (non-hydrogen) atoms. The Morgan fingerprint density at radius 1 is 1.42 bits per heavy atom. The van der Waals surface area contributed by atoms with Crippen molar-refractivity contribution >= 4 is 34.1 Å². The van der Waals surface area contributed by atoms with Gasteiger partial charge in [0, 0.05) is 28.9 Å². The second-order valence-electron chi connectivity index (χ2n) is 5.04. The Hall–Kier alpha value is -1.01. The Kier molecular flexibility index (Phi) is 8.21. The van der Waals surface area contributed by atoms with Crippen LogP contribution < -0.4 is 11.1 Å². The highest BCUT2D eigenvalue weighted by molar-refractivity contribution is 7.84. The van der Waals surface area contributed by atoms with E-state index in [1.807, 2.05) is 0 Å². The van der Waals surface area contributed by atoms with Crippen molar-refractivity contribution in [2.45, 2.75) is 26.5 Å². The smallest absolute Gasteiger partial charge is 0.385 e. The molecule has 0 fully saturated rings. The molecule has 1 aromatic heterocycles. The minimum Gasteiger partial charge on any atom is -0.385 e. The molecule has 0 saturated heterocycles. The van der Waals surface area contributed by atoms with Crippen molar-refractivity contribution in [2.75, 3.05) is 12.3 Å². The number of aryl methyl sites for hydroxylation is 1. The summed E-state index contributed by atoms with van der Waals surface area (Å²) in [6, 6.07) is 0. The van der Waals surface area contributed by atoms with E-state index in [-0.39, 0.29) is 11.4 Å². The zero-order valence-electron chi connectivity index (χ0n) is 13.8. The SMILES string of the molecule is CC(NCc1cnc(C)nc1N)=C(S)C(O)COP(=O)(O)OP(=O)(O)O. The van der Waals surface area contributed by atoms with Crippen molar-refractivity contribution in [1.82, 2.24) is 15.3 Å². The number of nitrogens with one attached hydrogen (secondary N) is 1. The number of allylic oxidation sites excluding steroid dienone is 1. The number of phosphoric acid groups is 2. The Labute approximate surface area is 154 Å². The minimum absolute atomic E-state index is 0.0628. The van der Waals surface area contributed by atoms with E-state index in [1.165, 1.54) is 6.20 Å². The molecule has 0 radical (unpaired) electrons. The molecule has 0 aromatic carbocycles. The van der Waals surface area contributed by atoms with Crippen LogP contribution in [0.2, 0.25) is 0 Å². The normalized spacial score (nSPS) is 16.6. The molecule has 0 saturated carbocycles. The Morgan fingerprint density at radius 2 is 2.04 bits per heavy atom. The first kappa shape index (κ1) is 23.0. The number of hydrogen-bond donors (Lipinski definition) is 7. The Morgan fingerprint density at radius 3 is 2.58 bits per heavy atom. The molecule has 0 aliphatic carbocycles. The van der Waals surface area contributed by atoms with Gasteiger partial charge in [-0.3, -0.25) is 4.52 Å². The van der Waals surface area contributed by atoms with E-state index in [0.717, 1.165) is 0 Å². The summed E-state index contributed by atoms with van der Waals surface area (Å²) in [5, 5.41) is 12.8. The summed E-state index contributed by atoms with van der Waals surface area (Å²) in [6.45, 7) is 2.70. The third kappa shape index (κ3) is 8.12. The van der Waals surface area contributed by atoms with Crippen molar-refractivity contribution in [2.24, 2.45) is 0 Å². The van der Waals surface area contributed by atoms with E-state index in [2.05, 4.69) is 36.7 Å². The number of anilines is 1. The first-order chi connectivity index (χ1) is 11.8. The molecule has 2 unspecified atom stereocenters. The summed E-state index contributed by atoms with van der Waals surface area (Å²) >= 11 is 4.08. The maximum absolute atomic E-state index is 11.3. The van der Waals surface area contributed by atoms with Crippen LogP contribution in [-0.4, -0.2) is 42.5 Å². The van der Waals surface area contributed by atoms with E-state index in [9.17, 15) is 14.2 Å². The lowest BCUT2D eigenvalue weighted by Crippen LogP contribution is -2.21. The van der Waals surface area contributed by atoms with E-state index in [4.69, 9.17) is 20.4 Å². The maximum atomic E-state index is 11.3. The lowest BCUT2D eigenvalue weighted by atomic mass is 10.2. The Bertz CT molecular complexity index is 771. The second kappa shape index (κ2) is 9.27. The van der Waals surface area contributed by atoms with Gasteiger partial charge < -0.3 is 30.8 Å². The number of aliphatic hydroxyl groups is 1. The quantitative estimate of drug-likeness (QED) is 0.208. The maximum Gasteiger partial charge on any atom is 0.481 e. The van der Waals surface area contributed by atoms with Crippen LogP contribution in [0.5, 0.6) is 0 Å². The summed E-state index contributed by atoms with van der Waals surface area (Å²) in [4.78, 5) is 34.2. The average Bonchev–Trinajstić information content (AvgIpc) is 2.48. The second-order valence-corrected chi connectivity index (χ2v) is 8.36. The lowest BCUT2D eigenvalue weighted by Gasteiger charge is -2.18. The number of nitrogen functional groups attached to an aromatic ring is 1. The summed E-state index contributed by atoms with van der Waals surface area (Å²) in [7, 11) is -10.3. The molecule has 0 bridgehead atoms. The van der Waals surface area contributed by atoms with Gasteiger partial charge in [0.2, 0.25) is 0 Å². The number of nitrogens with two attached hydrogens (primary N) is 1. The predicted molar refractivity (Wildman–Crippen MR) is 94.6 cm³/mol. The number of aliphatic hydroxyl groups excluding tert-OH is 1. The molecule has 15 heteroatoms. The topological polar surface area (TPSA) is 197 Å². The van der Waals surface area contributed by atoms with Crippen molar-refractivity contribution in [3.8, 4) is 0 Å². The first-order valence-corrected chi connectivity index (χ1v) is 10.4. The highest BCUT2D eigenvalue weighted by Gasteiger charge is 2.33. The van der Waals surface area contributed by atoms with Gasteiger partial charge in [-0.05, 0) is 13.8 Å².